The van der Waals surface area contributed by atoms with Gasteiger partial charge >= 0.3 is 0 Å². The van der Waals surface area contributed by atoms with Gasteiger partial charge in [-0.25, -0.2) is 0 Å². The first-order chi connectivity index (χ1) is 8.66. The van der Waals surface area contributed by atoms with Crippen LogP contribution in [-0.2, 0) is 13.1 Å². The smallest absolute Gasteiger partial charge is 0.251 e. The van der Waals surface area contributed by atoms with Gasteiger partial charge in [0, 0.05) is 25.2 Å². The Bertz CT molecular complexity index is 483. The van der Waals surface area contributed by atoms with Gasteiger partial charge in [0.25, 0.3) is 5.91 Å². The van der Waals surface area contributed by atoms with E-state index in [2.05, 4.69) is 23.6 Å². The lowest BCUT2D eigenvalue weighted by Crippen LogP contribution is -2.39. The molecule has 0 unspecified atom stereocenters. The van der Waals surface area contributed by atoms with Gasteiger partial charge in [-0.2, -0.15) is 0 Å². The zero-order valence-electron chi connectivity index (χ0n) is 11.3. The second-order valence-corrected chi connectivity index (χ2v) is 5.93. The van der Waals surface area contributed by atoms with E-state index in [-0.39, 0.29) is 18.3 Å². The van der Waals surface area contributed by atoms with Gasteiger partial charge in [0.1, 0.15) is 0 Å². The zero-order chi connectivity index (χ0) is 12.6. The van der Waals surface area contributed by atoms with Crippen LogP contribution < -0.4 is 10.6 Å². The van der Waals surface area contributed by atoms with Crippen LogP contribution in [-0.4, -0.2) is 12.5 Å². The van der Waals surface area contributed by atoms with Crippen molar-refractivity contribution in [1.82, 2.24) is 10.6 Å². The number of halogens is 1. The summed E-state index contributed by atoms with van der Waals surface area (Å²) in [7, 11) is 0. The third kappa shape index (κ3) is 2.93. The summed E-state index contributed by atoms with van der Waals surface area (Å²) in [5, 5.41) is 6.37. The Morgan fingerprint density at radius 2 is 2.05 bits per heavy atom. The molecule has 104 valence electrons. The average Bonchev–Trinajstić information content (AvgIpc) is 2.80. The van der Waals surface area contributed by atoms with Crippen molar-refractivity contribution in [2.75, 3.05) is 6.54 Å². The minimum Gasteiger partial charge on any atom is -0.351 e. The van der Waals surface area contributed by atoms with Crippen LogP contribution in [0.4, 0.5) is 0 Å². The number of rotatable bonds is 3. The largest absolute Gasteiger partial charge is 0.351 e. The van der Waals surface area contributed by atoms with Gasteiger partial charge in [-0.15, -0.1) is 12.4 Å². The number of benzene rings is 1. The number of hydrogen-bond donors (Lipinski definition) is 2. The van der Waals surface area contributed by atoms with Crippen molar-refractivity contribution in [3.8, 4) is 0 Å². The van der Waals surface area contributed by atoms with E-state index in [0.717, 1.165) is 25.2 Å². The van der Waals surface area contributed by atoms with Gasteiger partial charge in [-0.05, 0) is 41.5 Å². The number of nitrogens with one attached hydrogen (secondary N) is 2. The van der Waals surface area contributed by atoms with E-state index in [1.165, 1.54) is 30.4 Å². The molecule has 0 aromatic heterocycles. The van der Waals surface area contributed by atoms with Gasteiger partial charge in [-0.3, -0.25) is 4.79 Å². The first-order valence-electron chi connectivity index (χ1n) is 6.77. The Balaban J connectivity index is 0.00000133. The Labute approximate surface area is 120 Å². The maximum Gasteiger partial charge on any atom is 0.251 e. The summed E-state index contributed by atoms with van der Waals surface area (Å²) in [6, 6.07) is 6.02. The number of amides is 1. The molecule has 1 fully saturated rings. The summed E-state index contributed by atoms with van der Waals surface area (Å²) >= 11 is 0. The molecule has 1 saturated carbocycles. The van der Waals surface area contributed by atoms with Gasteiger partial charge in [0.15, 0.2) is 0 Å². The highest BCUT2D eigenvalue weighted by molar-refractivity contribution is 5.94. The van der Waals surface area contributed by atoms with Crippen LogP contribution >= 0.6 is 12.4 Å². The highest BCUT2D eigenvalue weighted by Crippen LogP contribution is 2.39. The third-order valence-corrected chi connectivity index (χ3v) is 4.34. The Morgan fingerprint density at radius 1 is 1.32 bits per heavy atom. The van der Waals surface area contributed by atoms with Crippen molar-refractivity contribution < 1.29 is 4.79 Å². The normalized spacial score (nSPS) is 19.0. The molecule has 1 aliphatic carbocycles. The summed E-state index contributed by atoms with van der Waals surface area (Å²) in [5.41, 5.74) is 3.71. The predicted molar refractivity (Wildman–Crippen MR) is 78.5 cm³/mol. The molecule has 0 atom stereocenters. The van der Waals surface area contributed by atoms with Crippen LogP contribution in [0.1, 0.15) is 47.7 Å². The van der Waals surface area contributed by atoms with Crippen molar-refractivity contribution in [3.05, 3.63) is 34.9 Å². The van der Waals surface area contributed by atoms with E-state index in [1.807, 2.05) is 12.1 Å². The molecule has 1 amide bonds. The third-order valence-electron chi connectivity index (χ3n) is 4.34. The summed E-state index contributed by atoms with van der Waals surface area (Å²) < 4.78 is 0. The monoisotopic (exact) mass is 280 g/mol. The maximum absolute atomic E-state index is 12.1. The molecule has 1 aromatic rings. The van der Waals surface area contributed by atoms with Crippen LogP contribution in [0, 0.1) is 5.41 Å². The Hall–Kier alpha value is -1.06. The predicted octanol–water partition coefficient (Wildman–Crippen LogP) is 2.63. The minimum atomic E-state index is 0. The lowest BCUT2D eigenvalue weighted by Gasteiger charge is -2.38. The Kier molecular flexibility index (Phi) is 4.16. The van der Waals surface area contributed by atoms with Crippen LogP contribution in [0.15, 0.2) is 18.2 Å². The maximum atomic E-state index is 12.1. The Morgan fingerprint density at radius 3 is 2.74 bits per heavy atom. The fraction of sp³-hybridized carbons (Fsp3) is 0.533. The van der Waals surface area contributed by atoms with E-state index in [9.17, 15) is 4.79 Å². The van der Waals surface area contributed by atoms with Gasteiger partial charge in [0.05, 0.1) is 0 Å². The quantitative estimate of drug-likeness (QED) is 0.894. The highest BCUT2D eigenvalue weighted by Gasteiger charge is 2.31. The first-order valence-corrected chi connectivity index (χ1v) is 6.77. The molecule has 1 heterocycles. The van der Waals surface area contributed by atoms with Crippen LogP contribution in [0.2, 0.25) is 0 Å². The first kappa shape index (κ1) is 14.4. The van der Waals surface area contributed by atoms with E-state index < -0.39 is 0 Å². The molecule has 3 nitrogen and oxygen atoms in total. The number of carbonyl (C=O) groups excluding carboxylic acids is 1. The fourth-order valence-corrected chi connectivity index (χ4v) is 2.79. The second kappa shape index (κ2) is 5.51. The van der Waals surface area contributed by atoms with Gasteiger partial charge in [0.2, 0.25) is 0 Å². The molecular weight excluding hydrogens is 260 g/mol. The van der Waals surface area contributed by atoms with Crippen molar-refractivity contribution >= 4 is 18.3 Å². The van der Waals surface area contributed by atoms with E-state index in [0.29, 0.717) is 5.41 Å². The van der Waals surface area contributed by atoms with Crippen LogP contribution in [0.3, 0.4) is 0 Å². The standard InChI is InChI=1S/C15H20N2O.ClH/c1-15(5-2-6-15)10-17-14(18)11-3-4-12-8-16-9-13(12)7-11;/h3-4,7,16H,2,5-6,8-10H2,1H3,(H,17,18);1H. The summed E-state index contributed by atoms with van der Waals surface area (Å²) in [6.07, 6.45) is 3.78. The number of carbonyl (C=O) groups is 1. The van der Waals surface area contributed by atoms with Crippen molar-refractivity contribution in [2.45, 2.75) is 39.3 Å². The van der Waals surface area contributed by atoms with Crippen molar-refractivity contribution in [3.63, 3.8) is 0 Å². The SMILES string of the molecule is CC1(CNC(=O)c2ccc3c(c2)CNC3)CCC1.Cl. The second-order valence-electron chi connectivity index (χ2n) is 5.93. The molecular formula is C15H21ClN2O. The molecule has 0 spiro atoms. The van der Waals surface area contributed by atoms with E-state index in [1.54, 1.807) is 0 Å². The van der Waals surface area contributed by atoms with E-state index in [4.69, 9.17) is 0 Å². The lowest BCUT2D eigenvalue weighted by molar-refractivity contribution is 0.0890. The van der Waals surface area contributed by atoms with E-state index >= 15 is 0 Å². The summed E-state index contributed by atoms with van der Waals surface area (Å²) in [6.45, 7) is 4.87. The molecule has 4 heteroatoms. The van der Waals surface area contributed by atoms with Crippen LogP contribution in [0.25, 0.3) is 0 Å². The minimum absolute atomic E-state index is 0. The van der Waals surface area contributed by atoms with Gasteiger partial charge in [-0.1, -0.05) is 19.4 Å². The fourth-order valence-electron chi connectivity index (χ4n) is 2.79. The molecule has 0 bridgehead atoms. The lowest BCUT2D eigenvalue weighted by atomic mass is 9.70. The average molecular weight is 281 g/mol. The van der Waals surface area contributed by atoms with Crippen molar-refractivity contribution in [2.24, 2.45) is 5.41 Å². The zero-order valence-corrected chi connectivity index (χ0v) is 12.1. The summed E-state index contributed by atoms with van der Waals surface area (Å²) in [5.74, 6) is 0.0674. The number of fused-ring (bicyclic) bond motifs is 1. The molecule has 3 rings (SSSR count). The molecule has 1 aliphatic heterocycles. The molecule has 2 N–H and O–H groups in total. The molecule has 2 aliphatic rings. The topological polar surface area (TPSA) is 41.1 Å². The highest BCUT2D eigenvalue weighted by atomic mass is 35.5. The van der Waals surface area contributed by atoms with Gasteiger partial charge < -0.3 is 10.6 Å². The molecule has 19 heavy (non-hydrogen) atoms. The van der Waals surface area contributed by atoms with Crippen molar-refractivity contribution in [1.29, 1.82) is 0 Å². The number of hydrogen-bond acceptors (Lipinski definition) is 2. The summed E-state index contributed by atoms with van der Waals surface area (Å²) in [4.78, 5) is 12.1. The molecule has 0 saturated heterocycles. The molecule has 0 radical (unpaired) electrons. The van der Waals surface area contributed by atoms with Crippen LogP contribution in [0.5, 0.6) is 0 Å². The molecule has 1 aromatic carbocycles.